The third-order valence-corrected chi connectivity index (χ3v) is 3.29. The predicted octanol–water partition coefficient (Wildman–Crippen LogP) is 1.45. The van der Waals surface area contributed by atoms with Crippen molar-refractivity contribution < 1.29 is 8.42 Å². The normalized spacial score (nSPS) is 11.2. The van der Waals surface area contributed by atoms with Crippen LogP contribution >= 0.6 is 22.6 Å². The molecule has 0 bridgehead atoms. The Balaban J connectivity index is 2.82. The van der Waals surface area contributed by atoms with Crippen molar-refractivity contribution in [2.75, 3.05) is 10.5 Å². The van der Waals surface area contributed by atoms with Crippen molar-refractivity contribution in [2.24, 2.45) is 0 Å². The van der Waals surface area contributed by atoms with Gasteiger partial charge in [0.15, 0.2) is 0 Å². The molecule has 1 aromatic rings. The third kappa shape index (κ3) is 3.47. The van der Waals surface area contributed by atoms with Gasteiger partial charge in [-0.2, -0.15) is 0 Å². The molecule has 72 valence electrons. The highest BCUT2D eigenvalue weighted by atomic mass is 127. The lowest BCUT2D eigenvalue weighted by Crippen LogP contribution is -2.15. The first-order valence-corrected chi connectivity index (χ1v) is 6.38. The summed E-state index contributed by atoms with van der Waals surface area (Å²) in [5, 5.41) is 0. The minimum atomic E-state index is -3.20. The standard InChI is InChI=1S/C7H9IN2O2S/c1-2-13(11,12)10-7-4-3-6(8)5-9-7/h3-5H,2H2,1H3,(H,9,10). The Labute approximate surface area is 91.0 Å². The molecule has 0 amide bonds. The lowest BCUT2D eigenvalue weighted by molar-refractivity contribution is 0.602. The molecule has 0 fully saturated rings. The molecular formula is C7H9IN2O2S. The van der Waals surface area contributed by atoms with E-state index >= 15 is 0 Å². The van der Waals surface area contributed by atoms with E-state index in [1.807, 2.05) is 0 Å². The summed E-state index contributed by atoms with van der Waals surface area (Å²) in [6.45, 7) is 1.58. The first kappa shape index (κ1) is 10.7. The predicted molar refractivity (Wildman–Crippen MR) is 60.0 cm³/mol. The second-order valence-corrected chi connectivity index (χ2v) is 5.62. The van der Waals surface area contributed by atoms with Gasteiger partial charge in [0.2, 0.25) is 10.0 Å². The largest absolute Gasteiger partial charge is 0.267 e. The van der Waals surface area contributed by atoms with Gasteiger partial charge in [-0.3, -0.25) is 4.72 Å². The van der Waals surface area contributed by atoms with Gasteiger partial charge < -0.3 is 0 Å². The fraction of sp³-hybridized carbons (Fsp3) is 0.286. The van der Waals surface area contributed by atoms with Crippen LogP contribution in [-0.4, -0.2) is 19.2 Å². The van der Waals surface area contributed by atoms with E-state index in [-0.39, 0.29) is 5.75 Å². The van der Waals surface area contributed by atoms with Crippen LogP contribution in [0.5, 0.6) is 0 Å². The minimum absolute atomic E-state index is 0.0562. The summed E-state index contributed by atoms with van der Waals surface area (Å²) in [5.41, 5.74) is 0. The van der Waals surface area contributed by atoms with E-state index in [1.54, 1.807) is 25.3 Å². The lowest BCUT2D eigenvalue weighted by atomic mass is 10.5. The molecular weight excluding hydrogens is 303 g/mol. The molecule has 1 rings (SSSR count). The molecule has 1 aromatic heterocycles. The molecule has 0 aliphatic carbocycles. The number of nitrogens with one attached hydrogen (secondary N) is 1. The molecule has 0 aliphatic heterocycles. The van der Waals surface area contributed by atoms with Crippen molar-refractivity contribution in [2.45, 2.75) is 6.92 Å². The van der Waals surface area contributed by atoms with Crippen LogP contribution in [0.1, 0.15) is 6.92 Å². The number of rotatable bonds is 3. The first-order chi connectivity index (χ1) is 6.03. The zero-order valence-electron chi connectivity index (χ0n) is 6.99. The fourth-order valence-corrected chi connectivity index (χ4v) is 1.57. The molecule has 1 N–H and O–H groups in total. The second kappa shape index (κ2) is 4.23. The number of halogens is 1. The molecule has 13 heavy (non-hydrogen) atoms. The van der Waals surface area contributed by atoms with Crippen molar-refractivity contribution in [3.8, 4) is 0 Å². The number of hydrogen-bond acceptors (Lipinski definition) is 3. The van der Waals surface area contributed by atoms with E-state index in [4.69, 9.17) is 0 Å². The van der Waals surface area contributed by atoms with Crippen molar-refractivity contribution in [1.29, 1.82) is 0 Å². The number of nitrogens with zero attached hydrogens (tertiary/aromatic N) is 1. The van der Waals surface area contributed by atoms with Gasteiger partial charge in [-0.1, -0.05) is 0 Å². The maximum absolute atomic E-state index is 11.1. The quantitative estimate of drug-likeness (QED) is 0.860. The maximum atomic E-state index is 11.1. The summed E-state index contributed by atoms with van der Waals surface area (Å²) >= 11 is 2.10. The van der Waals surface area contributed by atoms with Gasteiger partial charge in [0.25, 0.3) is 0 Å². The summed E-state index contributed by atoms with van der Waals surface area (Å²) in [6, 6.07) is 3.43. The highest BCUT2D eigenvalue weighted by Gasteiger charge is 2.06. The lowest BCUT2D eigenvalue weighted by Gasteiger charge is -2.03. The SMILES string of the molecule is CCS(=O)(=O)Nc1ccc(I)cn1. The smallest absolute Gasteiger partial charge is 0.233 e. The van der Waals surface area contributed by atoms with Gasteiger partial charge in [-0.05, 0) is 41.6 Å². The first-order valence-electron chi connectivity index (χ1n) is 3.65. The van der Waals surface area contributed by atoms with E-state index in [0.717, 1.165) is 3.57 Å². The number of aromatic nitrogens is 1. The molecule has 0 spiro atoms. The van der Waals surface area contributed by atoms with Crippen LogP contribution in [-0.2, 0) is 10.0 Å². The molecule has 0 aromatic carbocycles. The fourth-order valence-electron chi connectivity index (χ4n) is 0.668. The highest BCUT2D eigenvalue weighted by Crippen LogP contribution is 2.08. The van der Waals surface area contributed by atoms with E-state index < -0.39 is 10.0 Å². The summed E-state index contributed by atoms with van der Waals surface area (Å²) in [5.74, 6) is 0.419. The van der Waals surface area contributed by atoms with Crippen LogP contribution < -0.4 is 4.72 Å². The molecule has 0 saturated heterocycles. The number of pyridine rings is 1. The Hall–Kier alpha value is -0.370. The second-order valence-electron chi connectivity index (χ2n) is 2.37. The van der Waals surface area contributed by atoms with Crippen LogP contribution in [0.3, 0.4) is 0 Å². The molecule has 6 heteroatoms. The van der Waals surface area contributed by atoms with Crippen LogP contribution in [0, 0.1) is 3.57 Å². The van der Waals surface area contributed by atoms with Gasteiger partial charge in [-0.25, -0.2) is 13.4 Å². The van der Waals surface area contributed by atoms with Crippen molar-refractivity contribution in [3.05, 3.63) is 21.9 Å². The van der Waals surface area contributed by atoms with Gasteiger partial charge in [0, 0.05) is 9.77 Å². The van der Waals surface area contributed by atoms with E-state index in [9.17, 15) is 8.42 Å². The zero-order valence-corrected chi connectivity index (χ0v) is 9.96. The molecule has 0 unspecified atom stereocenters. The summed E-state index contributed by atoms with van der Waals surface area (Å²) in [7, 11) is -3.20. The molecule has 0 aliphatic rings. The Morgan fingerprint density at radius 2 is 2.23 bits per heavy atom. The van der Waals surface area contributed by atoms with Gasteiger partial charge in [0.05, 0.1) is 5.75 Å². The average molecular weight is 312 g/mol. The topological polar surface area (TPSA) is 59.1 Å². The van der Waals surface area contributed by atoms with Crippen LogP contribution in [0.2, 0.25) is 0 Å². The average Bonchev–Trinajstić information content (AvgIpc) is 2.09. The Kier molecular flexibility index (Phi) is 3.48. The number of sulfonamides is 1. The van der Waals surface area contributed by atoms with Crippen LogP contribution in [0.15, 0.2) is 18.3 Å². The third-order valence-electron chi connectivity index (χ3n) is 1.37. The number of anilines is 1. The Bertz CT molecular complexity index is 374. The maximum Gasteiger partial charge on any atom is 0.233 e. The van der Waals surface area contributed by atoms with E-state index in [2.05, 4.69) is 32.3 Å². The summed E-state index contributed by atoms with van der Waals surface area (Å²) < 4.78 is 25.5. The van der Waals surface area contributed by atoms with Crippen LogP contribution in [0.25, 0.3) is 0 Å². The molecule has 1 heterocycles. The number of hydrogen-bond donors (Lipinski definition) is 1. The Morgan fingerprint density at radius 3 is 2.69 bits per heavy atom. The molecule has 0 radical (unpaired) electrons. The molecule has 4 nitrogen and oxygen atoms in total. The molecule has 0 atom stereocenters. The van der Waals surface area contributed by atoms with Gasteiger partial charge in [-0.15, -0.1) is 0 Å². The van der Waals surface area contributed by atoms with Gasteiger partial charge in [0.1, 0.15) is 5.82 Å². The van der Waals surface area contributed by atoms with Crippen LogP contribution in [0.4, 0.5) is 5.82 Å². The van der Waals surface area contributed by atoms with Gasteiger partial charge >= 0.3 is 0 Å². The summed E-state index contributed by atoms with van der Waals surface area (Å²) in [6.07, 6.45) is 1.61. The van der Waals surface area contributed by atoms with Crippen molar-refractivity contribution >= 4 is 38.4 Å². The van der Waals surface area contributed by atoms with Crippen molar-refractivity contribution in [3.63, 3.8) is 0 Å². The van der Waals surface area contributed by atoms with E-state index in [0.29, 0.717) is 5.82 Å². The van der Waals surface area contributed by atoms with Crippen molar-refractivity contribution in [1.82, 2.24) is 4.98 Å². The minimum Gasteiger partial charge on any atom is -0.267 e. The highest BCUT2D eigenvalue weighted by molar-refractivity contribution is 14.1. The monoisotopic (exact) mass is 312 g/mol. The summed E-state index contributed by atoms with van der Waals surface area (Å²) in [4.78, 5) is 3.91. The Morgan fingerprint density at radius 1 is 1.54 bits per heavy atom. The zero-order chi connectivity index (χ0) is 9.90. The van der Waals surface area contributed by atoms with E-state index in [1.165, 1.54) is 0 Å². The molecule has 0 saturated carbocycles.